The van der Waals surface area contributed by atoms with E-state index in [2.05, 4.69) is 15.9 Å². The predicted octanol–water partition coefficient (Wildman–Crippen LogP) is 6.72. The van der Waals surface area contributed by atoms with E-state index in [0.29, 0.717) is 4.90 Å². The summed E-state index contributed by atoms with van der Waals surface area (Å²) in [6, 6.07) is 2.02. The first kappa shape index (κ1) is 23.7. The Morgan fingerprint density at radius 3 is 2.00 bits per heavy atom. The Balaban J connectivity index is 2.91. The Bertz CT molecular complexity index is 1040. The summed E-state index contributed by atoms with van der Waals surface area (Å²) in [5.74, 6) is 0. The van der Waals surface area contributed by atoms with E-state index in [1.807, 2.05) is 0 Å². The van der Waals surface area contributed by atoms with Gasteiger partial charge in [-0.2, -0.15) is 26.3 Å². The van der Waals surface area contributed by atoms with E-state index in [0.717, 1.165) is 19.2 Å². The lowest BCUT2D eigenvalue weighted by atomic mass is 10.1. The van der Waals surface area contributed by atoms with Crippen molar-refractivity contribution in [2.24, 2.45) is 0 Å². The number of hydrogen-bond acceptors (Lipinski definition) is 5. The van der Waals surface area contributed by atoms with Crippen LogP contribution in [0.15, 0.2) is 28.7 Å². The molecule has 0 spiro atoms. The van der Waals surface area contributed by atoms with Crippen molar-refractivity contribution >= 4 is 50.3 Å². The molecule has 0 amide bonds. The zero-order chi connectivity index (χ0) is 23.2. The van der Waals surface area contributed by atoms with Crippen LogP contribution < -0.4 is 4.90 Å². The topological polar surface area (TPSA) is 89.5 Å². The summed E-state index contributed by atoms with van der Waals surface area (Å²) in [5.41, 5.74) is -7.46. The lowest BCUT2D eigenvalue weighted by Crippen LogP contribution is -2.20. The minimum absolute atomic E-state index is 0.0628. The fourth-order valence-corrected chi connectivity index (χ4v) is 3.81. The Morgan fingerprint density at radius 1 is 1.00 bits per heavy atom. The number of rotatable bonds is 4. The fourth-order valence-electron chi connectivity index (χ4n) is 2.60. The summed E-state index contributed by atoms with van der Waals surface area (Å²) in [6.07, 6.45) is -10.3. The third-order valence-corrected chi connectivity index (χ3v) is 4.96. The van der Waals surface area contributed by atoms with Crippen molar-refractivity contribution in [2.75, 3.05) is 11.9 Å². The minimum atomic E-state index is -5.30. The van der Waals surface area contributed by atoms with E-state index < -0.39 is 65.6 Å². The van der Waals surface area contributed by atoms with Gasteiger partial charge in [-0.3, -0.25) is 20.2 Å². The summed E-state index contributed by atoms with van der Waals surface area (Å²) < 4.78 is 79.7. The van der Waals surface area contributed by atoms with Crippen LogP contribution >= 0.6 is 27.5 Å². The van der Waals surface area contributed by atoms with Crippen molar-refractivity contribution in [1.29, 1.82) is 0 Å². The number of hydrogen-bond donors (Lipinski definition) is 0. The van der Waals surface area contributed by atoms with E-state index in [9.17, 15) is 46.6 Å². The van der Waals surface area contributed by atoms with Crippen LogP contribution in [0.3, 0.4) is 0 Å². The van der Waals surface area contributed by atoms with Crippen LogP contribution in [0.5, 0.6) is 0 Å². The van der Waals surface area contributed by atoms with Gasteiger partial charge in [-0.05, 0) is 28.1 Å². The first-order valence-electron chi connectivity index (χ1n) is 7.40. The number of nitro benzene ring substituents is 2. The van der Waals surface area contributed by atoms with E-state index in [4.69, 9.17) is 11.6 Å². The molecular weight excluding hydrogens is 516 g/mol. The van der Waals surface area contributed by atoms with Crippen LogP contribution in [0, 0.1) is 20.2 Å². The standard InChI is InChI=1S/C15H7BrClF6N3O4/c1-24(9-3-2-8(17)11(12(9)16)15(21,22)23)13-7(14(18,19)20)4-6(25(27)28)5-10(13)26(29)30/h2-5H,1H3. The minimum Gasteiger partial charge on any atom is -0.338 e. The number of alkyl halides is 6. The van der Waals surface area contributed by atoms with Crippen molar-refractivity contribution in [3.63, 3.8) is 0 Å². The normalized spacial score (nSPS) is 12.0. The largest absolute Gasteiger partial charge is 0.419 e. The third kappa shape index (κ3) is 4.43. The quantitative estimate of drug-likeness (QED) is 0.252. The number of benzene rings is 2. The zero-order valence-corrected chi connectivity index (χ0v) is 16.6. The summed E-state index contributed by atoms with van der Waals surface area (Å²) in [4.78, 5) is 20.2. The average Bonchev–Trinajstić information content (AvgIpc) is 2.58. The Morgan fingerprint density at radius 2 is 1.57 bits per heavy atom. The molecule has 0 fully saturated rings. The van der Waals surface area contributed by atoms with Crippen LogP contribution in [0.2, 0.25) is 5.02 Å². The van der Waals surface area contributed by atoms with Gasteiger partial charge in [0.2, 0.25) is 0 Å². The van der Waals surface area contributed by atoms with Gasteiger partial charge < -0.3 is 4.90 Å². The molecule has 0 aliphatic heterocycles. The van der Waals surface area contributed by atoms with Gasteiger partial charge in [0.25, 0.3) is 11.4 Å². The highest BCUT2D eigenvalue weighted by atomic mass is 79.9. The lowest BCUT2D eigenvalue weighted by Gasteiger charge is -2.26. The van der Waals surface area contributed by atoms with Gasteiger partial charge in [0.15, 0.2) is 0 Å². The molecule has 0 unspecified atom stereocenters. The SMILES string of the molecule is CN(c1ccc(Cl)c(C(F)(F)F)c1Br)c1c([N+](=O)[O-])cc([N+](=O)[O-])cc1C(F)(F)F. The first-order valence-corrected chi connectivity index (χ1v) is 8.57. The van der Waals surface area contributed by atoms with Gasteiger partial charge in [-0.1, -0.05) is 11.6 Å². The maximum atomic E-state index is 13.6. The molecule has 2 aromatic carbocycles. The molecular formula is C15H7BrClF6N3O4. The second-order valence-corrected chi connectivity index (χ2v) is 6.89. The first-order chi connectivity index (χ1) is 13.6. The van der Waals surface area contributed by atoms with Gasteiger partial charge in [0.1, 0.15) is 5.69 Å². The molecule has 15 heteroatoms. The molecule has 0 N–H and O–H groups in total. The van der Waals surface area contributed by atoms with Crippen LogP contribution in [0.25, 0.3) is 0 Å². The molecule has 162 valence electrons. The number of non-ortho nitro benzene ring substituents is 1. The number of anilines is 2. The monoisotopic (exact) mass is 521 g/mol. The van der Waals surface area contributed by atoms with E-state index in [1.54, 1.807) is 0 Å². The summed E-state index contributed by atoms with van der Waals surface area (Å²) in [7, 11) is 0.845. The lowest BCUT2D eigenvalue weighted by molar-refractivity contribution is -0.394. The number of nitro groups is 2. The van der Waals surface area contributed by atoms with Crippen molar-refractivity contribution < 1.29 is 36.2 Å². The second-order valence-electron chi connectivity index (χ2n) is 5.69. The molecule has 0 atom stereocenters. The molecule has 7 nitrogen and oxygen atoms in total. The van der Waals surface area contributed by atoms with E-state index >= 15 is 0 Å². The van der Waals surface area contributed by atoms with E-state index in [-0.39, 0.29) is 12.1 Å². The molecule has 0 aliphatic carbocycles. The molecule has 2 rings (SSSR count). The second kappa shape index (κ2) is 7.91. The molecule has 0 aromatic heterocycles. The molecule has 2 aromatic rings. The maximum Gasteiger partial charge on any atom is 0.419 e. The van der Waals surface area contributed by atoms with Crippen LogP contribution in [-0.4, -0.2) is 16.9 Å². The highest BCUT2D eigenvalue weighted by Crippen LogP contribution is 2.49. The van der Waals surface area contributed by atoms with Gasteiger partial charge in [-0.25, -0.2) is 0 Å². The molecule has 0 aliphatic rings. The van der Waals surface area contributed by atoms with E-state index in [1.165, 1.54) is 0 Å². The summed E-state index contributed by atoms with van der Waals surface area (Å²) in [5, 5.41) is 21.5. The molecule has 0 heterocycles. The molecule has 0 saturated heterocycles. The highest BCUT2D eigenvalue weighted by Gasteiger charge is 2.42. The van der Waals surface area contributed by atoms with Gasteiger partial charge in [-0.15, -0.1) is 0 Å². The molecule has 0 saturated carbocycles. The Hall–Kier alpha value is -2.61. The molecule has 0 bridgehead atoms. The molecule has 0 radical (unpaired) electrons. The smallest absolute Gasteiger partial charge is 0.338 e. The molecule has 30 heavy (non-hydrogen) atoms. The number of halogens is 8. The summed E-state index contributed by atoms with van der Waals surface area (Å²) in [6.45, 7) is 0. The van der Waals surface area contributed by atoms with Crippen LogP contribution in [0.1, 0.15) is 11.1 Å². The average molecular weight is 523 g/mol. The zero-order valence-electron chi connectivity index (χ0n) is 14.3. The fraction of sp³-hybridized carbons (Fsp3) is 0.200. The highest BCUT2D eigenvalue weighted by molar-refractivity contribution is 9.10. The maximum absolute atomic E-state index is 13.6. The van der Waals surface area contributed by atoms with Crippen molar-refractivity contribution in [3.05, 3.63) is 65.1 Å². The van der Waals surface area contributed by atoms with Gasteiger partial charge in [0, 0.05) is 13.1 Å². The van der Waals surface area contributed by atoms with Crippen molar-refractivity contribution in [1.82, 2.24) is 0 Å². The predicted molar refractivity (Wildman–Crippen MR) is 97.0 cm³/mol. The Kier molecular flexibility index (Phi) is 6.24. The van der Waals surface area contributed by atoms with Crippen LogP contribution in [-0.2, 0) is 12.4 Å². The summed E-state index contributed by atoms with van der Waals surface area (Å²) >= 11 is 8.18. The number of nitrogens with zero attached hydrogens (tertiary/aromatic N) is 3. The van der Waals surface area contributed by atoms with Crippen molar-refractivity contribution in [2.45, 2.75) is 12.4 Å². The van der Waals surface area contributed by atoms with Crippen LogP contribution in [0.4, 0.5) is 49.1 Å². The Labute approximate surface area is 176 Å². The van der Waals surface area contributed by atoms with Gasteiger partial charge >= 0.3 is 12.4 Å². The van der Waals surface area contributed by atoms with Gasteiger partial charge in [0.05, 0.1) is 42.2 Å². The van der Waals surface area contributed by atoms with Crippen molar-refractivity contribution in [3.8, 4) is 0 Å². The third-order valence-electron chi connectivity index (χ3n) is 3.84.